The monoisotopic (exact) mass is 581 g/mol. The maximum Gasteiger partial charge on any atom is 0.349 e. The van der Waals surface area contributed by atoms with Crippen LogP contribution in [0.15, 0.2) is 54.0 Å². The molecule has 1 heterocycles. The van der Waals surface area contributed by atoms with E-state index in [4.69, 9.17) is 14.2 Å². The summed E-state index contributed by atoms with van der Waals surface area (Å²) in [7, 11) is 0. The number of carbonyl (C=O) groups excluding carboxylic acids is 1. The summed E-state index contributed by atoms with van der Waals surface area (Å²) in [6, 6.07) is 8.30. The summed E-state index contributed by atoms with van der Waals surface area (Å²) in [5.41, 5.74) is -0.285. The van der Waals surface area contributed by atoms with Crippen molar-refractivity contribution in [2.24, 2.45) is 5.10 Å². The molecule has 0 aliphatic carbocycles. The van der Waals surface area contributed by atoms with Crippen LogP contribution in [0.4, 0.5) is 0 Å². The van der Waals surface area contributed by atoms with E-state index >= 15 is 0 Å². The Balaban J connectivity index is 2.04. The van der Waals surface area contributed by atoms with Crippen molar-refractivity contribution in [2.45, 2.75) is 26.9 Å². The third-order valence-electron chi connectivity index (χ3n) is 4.46. The van der Waals surface area contributed by atoms with Gasteiger partial charge in [-0.2, -0.15) is 5.10 Å². The van der Waals surface area contributed by atoms with Gasteiger partial charge in [0.1, 0.15) is 0 Å². The van der Waals surface area contributed by atoms with Crippen LogP contribution in [0, 0.1) is 0 Å². The number of nitrogens with one attached hydrogen (secondary N) is 1. The quantitative estimate of drug-likeness (QED) is 0.319. The number of para-hydroxylation sites is 1. The molecule has 11 heteroatoms. The zero-order chi connectivity index (χ0) is 24.1. The highest BCUT2D eigenvalue weighted by Crippen LogP contribution is 2.43. The smallest absolute Gasteiger partial charge is 0.349 e. The molecule has 0 radical (unpaired) electrons. The number of fused-ring (bicyclic) bond motifs is 1. The number of nitrogens with zero attached hydrogens (tertiary/aromatic N) is 2. The first-order chi connectivity index (χ1) is 15.8. The van der Waals surface area contributed by atoms with Gasteiger partial charge in [0, 0.05) is 10.0 Å². The molecule has 33 heavy (non-hydrogen) atoms. The number of rotatable bonds is 8. The van der Waals surface area contributed by atoms with E-state index in [1.54, 1.807) is 51.1 Å². The molecular formula is C22H21Br2N3O6. The number of halogens is 2. The molecular weight excluding hydrogens is 562 g/mol. The Kier molecular flexibility index (Phi) is 8.09. The molecule has 2 aromatic carbocycles. The molecule has 0 bridgehead atoms. The highest BCUT2D eigenvalue weighted by Gasteiger charge is 2.23. The van der Waals surface area contributed by atoms with E-state index in [0.29, 0.717) is 43.5 Å². The van der Waals surface area contributed by atoms with E-state index in [9.17, 15) is 14.4 Å². The summed E-state index contributed by atoms with van der Waals surface area (Å²) in [5.74, 6) is 0.121. The van der Waals surface area contributed by atoms with E-state index in [1.807, 2.05) is 0 Å². The van der Waals surface area contributed by atoms with Crippen LogP contribution in [0.3, 0.4) is 0 Å². The molecule has 1 aromatic heterocycles. The van der Waals surface area contributed by atoms with Crippen molar-refractivity contribution < 1.29 is 19.0 Å². The van der Waals surface area contributed by atoms with E-state index in [2.05, 4.69) is 41.9 Å². The average molecular weight is 583 g/mol. The van der Waals surface area contributed by atoms with E-state index in [-0.39, 0.29) is 6.61 Å². The Bertz CT molecular complexity index is 1330. The number of benzene rings is 2. The predicted molar refractivity (Wildman–Crippen MR) is 132 cm³/mol. The second kappa shape index (κ2) is 10.8. The SMILES string of the molecule is CCOC(=O)[C@H](C)Oc1c(OCC)cc(C=Nn2c(=O)[nH]c3ccccc3c2=O)c(Br)c1Br. The number of H-pyrrole nitrogens is 1. The number of carbonyl (C=O) groups is 1. The maximum atomic E-state index is 12.7. The first-order valence-electron chi connectivity index (χ1n) is 10.0. The molecule has 0 fully saturated rings. The fraction of sp³-hybridized carbons (Fsp3) is 0.273. The number of hydrogen-bond acceptors (Lipinski definition) is 7. The van der Waals surface area contributed by atoms with Crippen molar-refractivity contribution >= 4 is 54.9 Å². The Hall–Kier alpha value is -2.92. The third kappa shape index (κ3) is 5.36. The third-order valence-corrected chi connectivity index (χ3v) is 6.61. The summed E-state index contributed by atoms with van der Waals surface area (Å²) < 4.78 is 18.2. The Morgan fingerprint density at radius 3 is 2.61 bits per heavy atom. The number of aromatic amines is 1. The molecule has 1 atom stereocenters. The minimum absolute atomic E-state index is 0.235. The molecule has 0 saturated heterocycles. The van der Waals surface area contributed by atoms with Crippen LogP contribution in [0.2, 0.25) is 0 Å². The second-order valence-corrected chi connectivity index (χ2v) is 8.29. The highest BCUT2D eigenvalue weighted by molar-refractivity contribution is 9.13. The van der Waals surface area contributed by atoms with Gasteiger partial charge in [0.2, 0.25) is 0 Å². The fourth-order valence-electron chi connectivity index (χ4n) is 2.93. The van der Waals surface area contributed by atoms with Gasteiger partial charge in [0.25, 0.3) is 5.56 Å². The lowest BCUT2D eigenvalue weighted by Crippen LogP contribution is -2.32. The summed E-state index contributed by atoms with van der Waals surface area (Å²) in [4.78, 5) is 39.7. The molecule has 9 nitrogen and oxygen atoms in total. The van der Waals surface area contributed by atoms with Gasteiger partial charge in [-0.3, -0.25) is 4.79 Å². The normalized spacial score (nSPS) is 12.2. The average Bonchev–Trinajstić information content (AvgIpc) is 2.79. The number of hydrogen-bond donors (Lipinski definition) is 1. The molecule has 0 unspecified atom stereocenters. The molecule has 0 aliphatic rings. The lowest BCUT2D eigenvalue weighted by Gasteiger charge is -2.19. The first-order valence-corrected chi connectivity index (χ1v) is 11.6. The largest absolute Gasteiger partial charge is 0.490 e. The van der Waals surface area contributed by atoms with Gasteiger partial charge in [0.05, 0.1) is 34.8 Å². The molecule has 0 aliphatic heterocycles. The Labute approximate surface area is 205 Å². The van der Waals surface area contributed by atoms with Crippen LogP contribution in [0.1, 0.15) is 26.3 Å². The summed E-state index contributed by atoms with van der Waals surface area (Å²) in [6.45, 7) is 5.65. The standard InChI is InChI=1S/C22H21Br2N3O6/c1-4-31-16-10-13(17(23)18(24)19(16)33-12(3)21(29)32-5-2)11-25-27-20(28)14-8-6-7-9-15(14)26-22(27)30/h6-12H,4-5H2,1-3H3,(H,26,30)/t12-/m0/s1. The molecule has 0 spiro atoms. The molecule has 3 rings (SSSR count). The van der Waals surface area contributed by atoms with Gasteiger partial charge < -0.3 is 19.2 Å². The molecule has 3 aromatic rings. The van der Waals surface area contributed by atoms with E-state index in [0.717, 1.165) is 4.68 Å². The van der Waals surface area contributed by atoms with Crippen LogP contribution in [-0.2, 0) is 9.53 Å². The van der Waals surface area contributed by atoms with Gasteiger partial charge in [-0.25, -0.2) is 9.59 Å². The van der Waals surface area contributed by atoms with E-state index in [1.165, 1.54) is 6.21 Å². The van der Waals surface area contributed by atoms with Crippen molar-refractivity contribution in [1.82, 2.24) is 9.66 Å². The van der Waals surface area contributed by atoms with Crippen LogP contribution in [-0.4, -0.2) is 41.2 Å². The van der Waals surface area contributed by atoms with Crippen molar-refractivity contribution in [1.29, 1.82) is 0 Å². The molecule has 1 N–H and O–H groups in total. The van der Waals surface area contributed by atoms with Gasteiger partial charge in [-0.1, -0.05) is 12.1 Å². The minimum Gasteiger partial charge on any atom is -0.490 e. The Morgan fingerprint density at radius 1 is 1.18 bits per heavy atom. The zero-order valence-electron chi connectivity index (χ0n) is 18.1. The molecule has 0 amide bonds. The predicted octanol–water partition coefficient (Wildman–Crippen LogP) is 3.83. The molecule has 0 saturated carbocycles. The van der Waals surface area contributed by atoms with Gasteiger partial charge >= 0.3 is 11.7 Å². The van der Waals surface area contributed by atoms with Gasteiger partial charge in [0.15, 0.2) is 17.6 Å². The Morgan fingerprint density at radius 2 is 1.91 bits per heavy atom. The number of esters is 1. The fourth-order valence-corrected chi connectivity index (χ4v) is 3.85. The van der Waals surface area contributed by atoms with Crippen LogP contribution >= 0.6 is 31.9 Å². The van der Waals surface area contributed by atoms with Crippen LogP contribution in [0.5, 0.6) is 11.5 Å². The highest BCUT2D eigenvalue weighted by atomic mass is 79.9. The summed E-state index contributed by atoms with van der Waals surface area (Å²) >= 11 is 6.92. The first kappa shape index (κ1) is 24.7. The lowest BCUT2D eigenvalue weighted by atomic mass is 10.2. The number of ether oxygens (including phenoxy) is 3. The van der Waals surface area contributed by atoms with E-state index < -0.39 is 23.3 Å². The van der Waals surface area contributed by atoms with Crippen LogP contribution in [0.25, 0.3) is 10.9 Å². The topological polar surface area (TPSA) is 112 Å². The van der Waals surface area contributed by atoms with Gasteiger partial charge in [-0.15, -0.1) is 4.68 Å². The summed E-state index contributed by atoms with van der Waals surface area (Å²) in [5, 5.41) is 4.42. The van der Waals surface area contributed by atoms with Crippen molar-refractivity contribution in [3.8, 4) is 11.5 Å². The van der Waals surface area contributed by atoms with Crippen molar-refractivity contribution in [2.75, 3.05) is 13.2 Å². The van der Waals surface area contributed by atoms with Crippen LogP contribution < -0.4 is 20.7 Å². The minimum atomic E-state index is -0.874. The van der Waals surface area contributed by atoms with Crippen molar-refractivity contribution in [3.63, 3.8) is 0 Å². The van der Waals surface area contributed by atoms with Gasteiger partial charge in [-0.05, 0) is 70.8 Å². The van der Waals surface area contributed by atoms with Crippen molar-refractivity contribution in [3.05, 3.63) is 65.7 Å². The maximum absolute atomic E-state index is 12.7. The number of aromatic nitrogens is 2. The zero-order valence-corrected chi connectivity index (χ0v) is 21.2. The summed E-state index contributed by atoms with van der Waals surface area (Å²) in [6.07, 6.45) is 0.475. The second-order valence-electron chi connectivity index (χ2n) is 6.70. The molecule has 174 valence electrons. The lowest BCUT2D eigenvalue weighted by molar-refractivity contribution is -0.150.